The summed E-state index contributed by atoms with van der Waals surface area (Å²) in [5, 5.41) is 17.9. The van der Waals surface area contributed by atoms with Crippen LogP contribution in [0.2, 0.25) is 0 Å². The predicted molar refractivity (Wildman–Crippen MR) is 47.7 cm³/mol. The maximum absolute atomic E-state index is 9.11. The Kier molecular flexibility index (Phi) is 3.26. The fraction of sp³-hybridized carbons (Fsp3) is 0.400. The molecule has 0 aliphatic heterocycles. The van der Waals surface area contributed by atoms with Crippen molar-refractivity contribution in [1.29, 1.82) is 0 Å². The van der Waals surface area contributed by atoms with Crippen LogP contribution < -0.4 is 0 Å². The van der Waals surface area contributed by atoms with Crippen molar-refractivity contribution in [1.82, 2.24) is 0 Å². The third-order valence-electron chi connectivity index (χ3n) is 1.71. The van der Waals surface area contributed by atoms with E-state index in [1.807, 2.05) is 24.3 Å². The highest BCUT2D eigenvalue weighted by atomic mass is 16.3. The SMILES string of the molecule is CC(O)Cc1cccc(CO)c1. The number of hydrogen-bond acceptors (Lipinski definition) is 2. The van der Waals surface area contributed by atoms with E-state index in [-0.39, 0.29) is 12.7 Å². The Morgan fingerprint density at radius 1 is 1.33 bits per heavy atom. The molecule has 12 heavy (non-hydrogen) atoms. The Morgan fingerprint density at radius 2 is 2.00 bits per heavy atom. The van der Waals surface area contributed by atoms with Gasteiger partial charge in [0.2, 0.25) is 0 Å². The Bertz CT molecular complexity index is 243. The molecule has 2 N–H and O–H groups in total. The van der Waals surface area contributed by atoms with Crippen LogP contribution in [0, 0.1) is 0 Å². The molecule has 2 heteroatoms. The van der Waals surface area contributed by atoms with Crippen LogP contribution in [0.3, 0.4) is 0 Å². The smallest absolute Gasteiger partial charge is 0.0681 e. The molecular formula is C10H14O2. The number of aliphatic hydroxyl groups is 2. The van der Waals surface area contributed by atoms with Gasteiger partial charge in [-0.3, -0.25) is 0 Å². The molecule has 0 aliphatic carbocycles. The van der Waals surface area contributed by atoms with Crippen LogP contribution in [0.4, 0.5) is 0 Å². The number of hydrogen-bond donors (Lipinski definition) is 2. The van der Waals surface area contributed by atoms with E-state index < -0.39 is 0 Å². The summed E-state index contributed by atoms with van der Waals surface area (Å²) in [6.07, 6.45) is 0.326. The van der Waals surface area contributed by atoms with Gasteiger partial charge in [-0.05, 0) is 24.5 Å². The molecule has 0 bridgehead atoms. The van der Waals surface area contributed by atoms with E-state index in [1.165, 1.54) is 0 Å². The molecule has 1 aromatic carbocycles. The Labute approximate surface area is 72.5 Å². The summed E-state index contributed by atoms with van der Waals surface area (Å²) >= 11 is 0. The summed E-state index contributed by atoms with van der Waals surface area (Å²) in [6.45, 7) is 1.82. The largest absolute Gasteiger partial charge is 0.393 e. The van der Waals surface area contributed by atoms with Gasteiger partial charge in [0.1, 0.15) is 0 Å². The van der Waals surface area contributed by atoms with Crippen molar-refractivity contribution in [3.63, 3.8) is 0 Å². The van der Waals surface area contributed by atoms with E-state index in [1.54, 1.807) is 6.92 Å². The molecule has 1 unspecified atom stereocenters. The maximum atomic E-state index is 9.11. The molecule has 0 aromatic heterocycles. The molecule has 0 amide bonds. The van der Waals surface area contributed by atoms with Gasteiger partial charge in [-0.1, -0.05) is 24.3 Å². The first-order valence-electron chi connectivity index (χ1n) is 4.09. The minimum absolute atomic E-state index is 0.0631. The number of rotatable bonds is 3. The molecule has 0 radical (unpaired) electrons. The van der Waals surface area contributed by atoms with Crippen LogP contribution >= 0.6 is 0 Å². The summed E-state index contributed by atoms with van der Waals surface area (Å²) < 4.78 is 0. The molecule has 1 aromatic rings. The number of aliphatic hydroxyl groups excluding tert-OH is 2. The minimum atomic E-state index is -0.320. The van der Waals surface area contributed by atoms with Crippen LogP contribution in [0.15, 0.2) is 24.3 Å². The lowest BCUT2D eigenvalue weighted by Crippen LogP contribution is -2.04. The van der Waals surface area contributed by atoms with Crippen LogP contribution in [0.25, 0.3) is 0 Å². The van der Waals surface area contributed by atoms with Crippen molar-refractivity contribution in [3.8, 4) is 0 Å². The Morgan fingerprint density at radius 3 is 2.58 bits per heavy atom. The van der Waals surface area contributed by atoms with Gasteiger partial charge in [0.05, 0.1) is 12.7 Å². The predicted octanol–water partition coefficient (Wildman–Crippen LogP) is 1.10. The van der Waals surface area contributed by atoms with Crippen molar-refractivity contribution < 1.29 is 10.2 Å². The molecule has 0 heterocycles. The average Bonchev–Trinajstić information content (AvgIpc) is 2.03. The lowest BCUT2D eigenvalue weighted by Gasteiger charge is -2.05. The third-order valence-corrected chi connectivity index (χ3v) is 1.71. The zero-order valence-electron chi connectivity index (χ0n) is 7.20. The summed E-state index contributed by atoms with van der Waals surface area (Å²) in [6, 6.07) is 7.62. The second kappa shape index (κ2) is 4.24. The van der Waals surface area contributed by atoms with E-state index >= 15 is 0 Å². The highest BCUT2D eigenvalue weighted by Crippen LogP contribution is 2.07. The van der Waals surface area contributed by atoms with Crippen LogP contribution in [-0.2, 0) is 13.0 Å². The van der Waals surface area contributed by atoms with Crippen LogP contribution in [-0.4, -0.2) is 16.3 Å². The van der Waals surface area contributed by atoms with E-state index in [4.69, 9.17) is 10.2 Å². The van der Waals surface area contributed by atoms with E-state index in [0.717, 1.165) is 11.1 Å². The monoisotopic (exact) mass is 166 g/mol. The van der Waals surface area contributed by atoms with Crippen LogP contribution in [0.1, 0.15) is 18.1 Å². The standard InChI is InChI=1S/C10H14O2/c1-8(12)5-9-3-2-4-10(6-9)7-11/h2-4,6,8,11-12H,5,7H2,1H3. The van der Waals surface area contributed by atoms with Gasteiger partial charge < -0.3 is 10.2 Å². The molecule has 0 fully saturated rings. The molecule has 1 atom stereocenters. The third kappa shape index (κ3) is 2.64. The summed E-state index contributed by atoms with van der Waals surface area (Å²) in [7, 11) is 0. The topological polar surface area (TPSA) is 40.5 Å². The zero-order chi connectivity index (χ0) is 8.97. The molecule has 1 rings (SSSR count). The molecule has 0 aliphatic rings. The molecule has 66 valence electrons. The normalized spacial score (nSPS) is 12.9. The maximum Gasteiger partial charge on any atom is 0.0681 e. The fourth-order valence-electron chi connectivity index (χ4n) is 1.20. The lowest BCUT2D eigenvalue weighted by atomic mass is 10.1. The van der Waals surface area contributed by atoms with Crippen molar-refractivity contribution in [2.24, 2.45) is 0 Å². The minimum Gasteiger partial charge on any atom is -0.393 e. The molecule has 0 saturated heterocycles. The molecule has 0 spiro atoms. The van der Waals surface area contributed by atoms with Gasteiger partial charge in [0, 0.05) is 0 Å². The van der Waals surface area contributed by atoms with E-state index in [2.05, 4.69) is 0 Å². The van der Waals surface area contributed by atoms with E-state index in [9.17, 15) is 0 Å². The van der Waals surface area contributed by atoms with Crippen LogP contribution in [0.5, 0.6) is 0 Å². The highest BCUT2D eigenvalue weighted by Gasteiger charge is 1.99. The van der Waals surface area contributed by atoms with Crippen molar-refractivity contribution in [2.75, 3.05) is 0 Å². The highest BCUT2D eigenvalue weighted by molar-refractivity contribution is 5.23. The molecular weight excluding hydrogens is 152 g/mol. The summed E-state index contributed by atoms with van der Waals surface area (Å²) in [4.78, 5) is 0. The van der Waals surface area contributed by atoms with E-state index in [0.29, 0.717) is 6.42 Å². The number of benzene rings is 1. The summed E-state index contributed by atoms with van der Waals surface area (Å²) in [5.41, 5.74) is 1.96. The summed E-state index contributed by atoms with van der Waals surface area (Å²) in [5.74, 6) is 0. The quantitative estimate of drug-likeness (QED) is 0.706. The Hall–Kier alpha value is -0.860. The first kappa shape index (κ1) is 9.23. The molecule has 2 nitrogen and oxygen atoms in total. The lowest BCUT2D eigenvalue weighted by molar-refractivity contribution is 0.195. The zero-order valence-corrected chi connectivity index (χ0v) is 7.20. The van der Waals surface area contributed by atoms with Gasteiger partial charge in [0.25, 0.3) is 0 Å². The van der Waals surface area contributed by atoms with Gasteiger partial charge in [-0.25, -0.2) is 0 Å². The second-order valence-electron chi connectivity index (χ2n) is 3.03. The van der Waals surface area contributed by atoms with Gasteiger partial charge in [0.15, 0.2) is 0 Å². The van der Waals surface area contributed by atoms with Crippen molar-refractivity contribution >= 4 is 0 Å². The van der Waals surface area contributed by atoms with Gasteiger partial charge in [-0.2, -0.15) is 0 Å². The molecule has 0 saturated carbocycles. The van der Waals surface area contributed by atoms with Gasteiger partial charge >= 0.3 is 0 Å². The Balaban J connectivity index is 2.72. The fourth-order valence-corrected chi connectivity index (χ4v) is 1.20. The average molecular weight is 166 g/mol. The van der Waals surface area contributed by atoms with Crippen molar-refractivity contribution in [2.45, 2.75) is 26.1 Å². The van der Waals surface area contributed by atoms with Crippen molar-refractivity contribution in [3.05, 3.63) is 35.4 Å². The first-order chi connectivity index (χ1) is 5.72. The first-order valence-corrected chi connectivity index (χ1v) is 4.09. The van der Waals surface area contributed by atoms with Gasteiger partial charge in [-0.15, -0.1) is 0 Å². The second-order valence-corrected chi connectivity index (χ2v) is 3.03.